The van der Waals surface area contributed by atoms with E-state index < -0.39 is 42.1 Å². The lowest BCUT2D eigenvalue weighted by atomic mass is 10.0. The van der Waals surface area contributed by atoms with E-state index in [4.69, 9.17) is 14.2 Å². The molecule has 0 radical (unpaired) electrons. The Morgan fingerprint density at radius 1 is 1.09 bits per heavy atom. The first kappa shape index (κ1) is 24.0. The third kappa shape index (κ3) is 5.41. The predicted molar refractivity (Wildman–Crippen MR) is 109 cm³/mol. The molecule has 2 heterocycles. The zero-order valence-corrected chi connectivity index (χ0v) is 17.8. The Hall–Kier alpha value is -3.63. The lowest BCUT2D eigenvalue weighted by Gasteiger charge is -2.35. The summed E-state index contributed by atoms with van der Waals surface area (Å²) in [4.78, 5) is 42.6. The maximum absolute atomic E-state index is 13.0. The van der Waals surface area contributed by atoms with E-state index in [1.165, 1.54) is 24.4 Å². The van der Waals surface area contributed by atoms with E-state index in [0.717, 1.165) is 17.0 Å². The number of carbonyl (C=O) groups is 3. The number of fused-ring (bicyclic) bond motifs is 1. The lowest BCUT2D eigenvalue weighted by molar-refractivity contribution is -0.145. The van der Waals surface area contributed by atoms with Crippen LogP contribution in [-0.2, 0) is 25.2 Å². The molecule has 1 amide bonds. The van der Waals surface area contributed by atoms with Gasteiger partial charge in [-0.15, -0.1) is 0 Å². The van der Waals surface area contributed by atoms with Crippen LogP contribution in [0.5, 0.6) is 5.88 Å². The summed E-state index contributed by atoms with van der Waals surface area (Å²) in [5.74, 6) is -2.26. The van der Waals surface area contributed by atoms with Crippen LogP contribution in [0.25, 0.3) is 0 Å². The molecule has 0 spiro atoms. The number of benzene rings is 1. The molecular weight excluding hydrogens is 445 g/mol. The number of hydrogen-bond donors (Lipinski definition) is 0. The molecule has 1 atom stereocenters. The first-order valence-electron chi connectivity index (χ1n) is 10.1. The van der Waals surface area contributed by atoms with E-state index in [-0.39, 0.29) is 36.9 Å². The summed E-state index contributed by atoms with van der Waals surface area (Å²) in [7, 11) is 0. The van der Waals surface area contributed by atoms with Gasteiger partial charge in [0.2, 0.25) is 11.8 Å². The first-order chi connectivity index (χ1) is 15.7. The normalized spacial score (nSPS) is 15.3. The fraction of sp³-hybridized carbons (Fsp3) is 0.364. The average Bonchev–Trinajstić information content (AvgIpc) is 2.77. The standard InChI is InChI=1S/C22H21F3N2O6/c1-3-31-18(29)11-17(28)27-12-16(13-5-7-14(8-6-13)22(23,24)25)33-20-19(27)15(9-10-26-20)21(30)32-4-2/h5-10,16H,3-4,11-12H2,1-2H3. The predicted octanol–water partition coefficient (Wildman–Crippen LogP) is 3.70. The highest BCUT2D eigenvalue weighted by Gasteiger charge is 2.37. The number of pyridine rings is 1. The molecule has 1 aliphatic heterocycles. The Morgan fingerprint density at radius 3 is 2.36 bits per heavy atom. The zero-order valence-electron chi connectivity index (χ0n) is 17.8. The Balaban J connectivity index is 2.00. The van der Waals surface area contributed by atoms with Crippen molar-refractivity contribution < 1.29 is 41.8 Å². The molecule has 11 heteroatoms. The van der Waals surface area contributed by atoms with Gasteiger partial charge in [0, 0.05) is 6.20 Å². The minimum absolute atomic E-state index is 0.00456. The Bertz CT molecular complexity index is 1040. The van der Waals surface area contributed by atoms with Gasteiger partial charge in [0.1, 0.15) is 18.2 Å². The van der Waals surface area contributed by atoms with Crippen molar-refractivity contribution in [3.8, 4) is 5.88 Å². The van der Waals surface area contributed by atoms with Gasteiger partial charge in [-0.2, -0.15) is 13.2 Å². The third-order valence-corrected chi connectivity index (χ3v) is 4.77. The number of carbonyl (C=O) groups excluding carboxylic acids is 3. The molecule has 176 valence electrons. The van der Waals surface area contributed by atoms with Crippen molar-refractivity contribution in [1.82, 2.24) is 4.98 Å². The summed E-state index contributed by atoms with van der Waals surface area (Å²) in [5, 5.41) is 0. The van der Waals surface area contributed by atoms with Gasteiger partial charge >= 0.3 is 18.1 Å². The smallest absolute Gasteiger partial charge is 0.416 e. The number of hydrogen-bond acceptors (Lipinski definition) is 7. The maximum Gasteiger partial charge on any atom is 0.416 e. The molecule has 2 aromatic rings. The van der Waals surface area contributed by atoms with Crippen molar-refractivity contribution in [1.29, 1.82) is 0 Å². The highest BCUT2D eigenvalue weighted by atomic mass is 19.4. The number of amides is 1. The van der Waals surface area contributed by atoms with Crippen LogP contribution in [0.2, 0.25) is 0 Å². The first-order valence-corrected chi connectivity index (χ1v) is 10.1. The summed E-state index contributed by atoms with van der Waals surface area (Å²) in [6, 6.07) is 5.63. The SMILES string of the molecule is CCOC(=O)CC(=O)N1CC(c2ccc(C(F)(F)F)cc2)Oc2nccc(C(=O)OCC)c21. The van der Waals surface area contributed by atoms with E-state index in [1.54, 1.807) is 13.8 Å². The number of alkyl halides is 3. The topological polar surface area (TPSA) is 95.0 Å². The monoisotopic (exact) mass is 466 g/mol. The molecule has 0 saturated carbocycles. The zero-order chi connectivity index (χ0) is 24.2. The van der Waals surface area contributed by atoms with Gasteiger partial charge in [0.05, 0.1) is 30.9 Å². The van der Waals surface area contributed by atoms with Gasteiger partial charge in [-0.05, 0) is 37.6 Å². The molecule has 0 N–H and O–H groups in total. The number of nitrogens with zero attached hydrogens (tertiary/aromatic N) is 2. The second kappa shape index (κ2) is 9.88. The fourth-order valence-corrected chi connectivity index (χ4v) is 3.30. The average molecular weight is 466 g/mol. The molecule has 8 nitrogen and oxygen atoms in total. The van der Waals surface area contributed by atoms with Crippen LogP contribution >= 0.6 is 0 Å². The van der Waals surface area contributed by atoms with E-state index in [1.807, 2.05) is 0 Å². The van der Waals surface area contributed by atoms with Crippen molar-refractivity contribution >= 4 is 23.5 Å². The molecule has 0 aliphatic carbocycles. The number of ether oxygens (including phenoxy) is 3. The summed E-state index contributed by atoms with van der Waals surface area (Å²) >= 11 is 0. The Kier molecular flexibility index (Phi) is 7.19. The highest BCUT2D eigenvalue weighted by molar-refractivity contribution is 6.08. The second-order valence-electron chi connectivity index (χ2n) is 6.95. The van der Waals surface area contributed by atoms with E-state index in [0.29, 0.717) is 5.56 Å². The number of anilines is 1. The molecule has 0 bridgehead atoms. The van der Waals surface area contributed by atoms with Crippen LogP contribution in [0.1, 0.15) is 47.9 Å². The summed E-state index contributed by atoms with van der Waals surface area (Å²) in [6.45, 7) is 3.20. The van der Waals surface area contributed by atoms with Crippen LogP contribution in [0.15, 0.2) is 36.5 Å². The quantitative estimate of drug-likeness (QED) is 0.473. The van der Waals surface area contributed by atoms with Crippen LogP contribution < -0.4 is 9.64 Å². The summed E-state index contributed by atoms with van der Waals surface area (Å²) in [5.41, 5.74) is -0.454. The number of esters is 2. The van der Waals surface area contributed by atoms with Crippen molar-refractivity contribution in [2.45, 2.75) is 32.5 Å². The van der Waals surface area contributed by atoms with Crippen LogP contribution in [0.3, 0.4) is 0 Å². The molecule has 1 aromatic carbocycles. The van der Waals surface area contributed by atoms with Gasteiger partial charge in [-0.1, -0.05) is 12.1 Å². The molecule has 0 fully saturated rings. The van der Waals surface area contributed by atoms with E-state index >= 15 is 0 Å². The molecule has 1 aromatic heterocycles. The molecule has 1 aliphatic rings. The van der Waals surface area contributed by atoms with Gasteiger partial charge in [-0.25, -0.2) is 9.78 Å². The molecule has 1 unspecified atom stereocenters. The van der Waals surface area contributed by atoms with E-state index in [2.05, 4.69) is 4.98 Å². The Morgan fingerprint density at radius 2 is 1.76 bits per heavy atom. The minimum atomic E-state index is -4.50. The van der Waals surface area contributed by atoms with Crippen LogP contribution in [0, 0.1) is 0 Å². The Labute approximate surface area is 187 Å². The molecule has 0 saturated heterocycles. The van der Waals surface area contributed by atoms with Crippen LogP contribution in [0.4, 0.5) is 18.9 Å². The van der Waals surface area contributed by atoms with Crippen LogP contribution in [-0.4, -0.2) is 42.6 Å². The van der Waals surface area contributed by atoms with Gasteiger partial charge in [0.25, 0.3) is 0 Å². The molecule has 3 rings (SSSR count). The number of aromatic nitrogens is 1. The maximum atomic E-state index is 13.0. The summed E-state index contributed by atoms with van der Waals surface area (Å²) in [6.07, 6.45) is -4.72. The highest BCUT2D eigenvalue weighted by Crippen LogP contribution is 2.40. The van der Waals surface area contributed by atoms with Crippen molar-refractivity contribution in [3.05, 3.63) is 53.2 Å². The van der Waals surface area contributed by atoms with Gasteiger partial charge in [-0.3, -0.25) is 9.59 Å². The third-order valence-electron chi connectivity index (χ3n) is 4.77. The number of rotatable bonds is 6. The molecular formula is C22H21F3N2O6. The minimum Gasteiger partial charge on any atom is -0.466 e. The van der Waals surface area contributed by atoms with E-state index in [9.17, 15) is 27.6 Å². The van der Waals surface area contributed by atoms with Crippen molar-refractivity contribution in [2.75, 3.05) is 24.7 Å². The summed E-state index contributed by atoms with van der Waals surface area (Å²) < 4.78 is 54.4. The van der Waals surface area contributed by atoms with Crippen molar-refractivity contribution in [3.63, 3.8) is 0 Å². The largest absolute Gasteiger partial charge is 0.466 e. The van der Waals surface area contributed by atoms with Crippen molar-refractivity contribution in [2.24, 2.45) is 0 Å². The molecule has 33 heavy (non-hydrogen) atoms. The lowest BCUT2D eigenvalue weighted by Crippen LogP contribution is -2.42. The fourth-order valence-electron chi connectivity index (χ4n) is 3.30. The number of halogens is 3. The second-order valence-corrected chi connectivity index (χ2v) is 6.95. The van der Waals surface area contributed by atoms with Gasteiger partial charge < -0.3 is 19.1 Å². The van der Waals surface area contributed by atoms with Gasteiger partial charge in [0.15, 0.2) is 0 Å².